The molecule has 0 bridgehead atoms. The Morgan fingerprint density at radius 1 is 0.462 bits per heavy atom. The summed E-state index contributed by atoms with van der Waals surface area (Å²) in [5.41, 5.74) is 0.910. The van der Waals surface area contributed by atoms with Gasteiger partial charge in [0, 0.05) is 50.1 Å². The average Bonchev–Trinajstić information content (AvgIpc) is 3.20. The molecule has 0 saturated heterocycles. The van der Waals surface area contributed by atoms with Gasteiger partial charge in [-0.15, -0.1) is 0 Å². The minimum atomic E-state index is -1.18. The molecule has 362 valence electrons. The number of Topliss-reactive ketones (excluding diaryl/α,β-unsaturated/α-hetero) is 2. The number of carboxylic acid groups (broad SMARTS) is 5. The van der Waals surface area contributed by atoms with E-state index in [2.05, 4.69) is 0 Å². The fraction of sp³-hybridized carbons (Fsp3) is 0.587. The molecule has 0 radical (unpaired) electrons. The van der Waals surface area contributed by atoms with Crippen LogP contribution < -0.4 is 18.9 Å². The molecule has 0 aliphatic heterocycles. The minimum absolute atomic E-state index is 0.0193. The molecular weight excluding hydrogens is 851 g/mol. The van der Waals surface area contributed by atoms with E-state index in [1.165, 1.54) is 14.7 Å². The number of nitrogens with zero attached hydrogens (tertiary/aromatic N) is 3. The van der Waals surface area contributed by atoms with Crippen molar-refractivity contribution in [3.05, 3.63) is 47.5 Å². The van der Waals surface area contributed by atoms with Crippen molar-refractivity contribution < 1.29 is 78.0 Å². The van der Waals surface area contributed by atoms with Crippen molar-refractivity contribution in [3.8, 4) is 23.0 Å². The quantitative estimate of drug-likeness (QED) is 0.0593. The van der Waals surface area contributed by atoms with Crippen LogP contribution in [0.25, 0.3) is 0 Å². The number of ether oxygens (including phenoxy) is 4. The molecule has 0 spiro atoms. The molecule has 0 amide bonds. The van der Waals surface area contributed by atoms with E-state index in [1.54, 1.807) is 36.4 Å². The van der Waals surface area contributed by atoms with Crippen molar-refractivity contribution in [2.45, 2.75) is 79.1 Å². The van der Waals surface area contributed by atoms with E-state index in [1.807, 2.05) is 27.7 Å². The lowest BCUT2D eigenvalue weighted by atomic mass is 10.1. The second-order valence-electron chi connectivity index (χ2n) is 16.7. The summed E-state index contributed by atoms with van der Waals surface area (Å²) in [5.74, 6) is -3.65. The van der Waals surface area contributed by atoms with Gasteiger partial charge < -0.3 is 44.5 Å². The predicted octanol–water partition coefficient (Wildman–Crippen LogP) is 4.11. The third kappa shape index (κ3) is 25.9. The van der Waals surface area contributed by atoms with Gasteiger partial charge in [-0.2, -0.15) is 0 Å². The highest BCUT2D eigenvalue weighted by Gasteiger charge is 2.20. The number of hydrogen-bond acceptors (Lipinski definition) is 14. The van der Waals surface area contributed by atoms with Crippen LogP contribution >= 0.6 is 0 Å². The minimum Gasteiger partial charge on any atom is -0.493 e. The fourth-order valence-corrected chi connectivity index (χ4v) is 6.41. The molecule has 0 aliphatic carbocycles. The van der Waals surface area contributed by atoms with Crippen molar-refractivity contribution in [2.75, 3.05) is 85.3 Å². The van der Waals surface area contributed by atoms with Gasteiger partial charge in [-0.25, -0.2) is 0 Å². The smallest absolute Gasteiger partial charge is 0.317 e. The van der Waals surface area contributed by atoms with Crippen LogP contribution in [0.5, 0.6) is 23.0 Å². The Balaban J connectivity index is 1.88. The van der Waals surface area contributed by atoms with Crippen LogP contribution in [0.3, 0.4) is 0 Å². The summed E-state index contributed by atoms with van der Waals surface area (Å²) >= 11 is 0. The van der Waals surface area contributed by atoms with Gasteiger partial charge in [0.25, 0.3) is 0 Å². The van der Waals surface area contributed by atoms with E-state index in [9.17, 15) is 59.1 Å². The van der Waals surface area contributed by atoms with Gasteiger partial charge in [0.1, 0.15) is 34.6 Å². The molecule has 2 aromatic carbocycles. The second kappa shape index (κ2) is 30.4. The van der Waals surface area contributed by atoms with Crippen molar-refractivity contribution in [1.82, 2.24) is 14.7 Å². The molecule has 0 atom stereocenters. The fourth-order valence-electron chi connectivity index (χ4n) is 6.41. The molecule has 0 saturated carbocycles. The van der Waals surface area contributed by atoms with Crippen molar-refractivity contribution >= 4 is 41.4 Å². The number of carbonyl (C=O) groups excluding carboxylic acids is 2. The molecule has 2 rings (SSSR count). The highest BCUT2D eigenvalue weighted by atomic mass is 16.5. The number of hydrogen-bond donors (Lipinski definition) is 5. The van der Waals surface area contributed by atoms with E-state index < -0.39 is 49.5 Å². The number of carboxylic acids is 5. The summed E-state index contributed by atoms with van der Waals surface area (Å²) in [6, 6.07) is 9.97. The first-order valence-corrected chi connectivity index (χ1v) is 21.9. The Kier molecular flexibility index (Phi) is 25.9. The number of ketones is 2. The SMILES string of the molecule is CC(C)COc1ccc(OCCCCC(=O)CN(CCN(CCN(CC(=O)O)CC(=O)CCCCOc2ccc(OCC(C)C)cc2CC(=O)O)CC(=O)O)CC(=O)O)c(CC(=O)O)c1. The monoisotopic (exact) mass is 917 g/mol. The lowest BCUT2D eigenvalue weighted by Crippen LogP contribution is -2.45. The lowest BCUT2D eigenvalue weighted by molar-refractivity contribution is -0.141. The molecule has 2 aromatic rings. The van der Waals surface area contributed by atoms with E-state index >= 15 is 0 Å². The Labute approximate surface area is 380 Å². The van der Waals surface area contributed by atoms with E-state index in [4.69, 9.17) is 18.9 Å². The number of rotatable bonds is 38. The van der Waals surface area contributed by atoms with Crippen LogP contribution in [0.15, 0.2) is 36.4 Å². The zero-order valence-electron chi connectivity index (χ0n) is 38.0. The second-order valence-corrected chi connectivity index (χ2v) is 16.7. The molecule has 19 nitrogen and oxygen atoms in total. The Morgan fingerprint density at radius 3 is 1.15 bits per heavy atom. The molecule has 19 heteroatoms. The maximum absolute atomic E-state index is 12.9. The van der Waals surface area contributed by atoms with Gasteiger partial charge in [0.2, 0.25) is 0 Å². The molecule has 0 fully saturated rings. The van der Waals surface area contributed by atoms with Gasteiger partial charge >= 0.3 is 29.8 Å². The normalized spacial score (nSPS) is 11.3. The third-order valence-electron chi connectivity index (χ3n) is 9.47. The summed E-state index contributed by atoms with van der Waals surface area (Å²) < 4.78 is 23.1. The highest BCUT2D eigenvalue weighted by Crippen LogP contribution is 2.27. The first kappa shape index (κ1) is 55.3. The third-order valence-corrected chi connectivity index (χ3v) is 9.47. The van der Waals surface area contributed by atoms with Gasteiger partial charge in [-0.3, -0.25) is 48.3 Å². The van der Waals surface area contributed by atoms with E-state index in [-0.39, 0.29) is 102 Å². The van der Waals surface area contributed by atoms with Gasteiger partial charge in [-0.05, 0) is 73.9 Å². The first-order chi connectivity index (χ1) is 30.8. The first-order valence-electron chi connectivity index (χ1n) is 21.9. The molecule has 5 N–H and O–H groups in total. The van der Waals surface area contributed by atoms with Crippen LogP contribution in [-0.4, -0.2) is 167 Å². The van der Waals surface area contributed by atoms with Crippen molar-refractivity contribution in [3.63, 3.8) is 0 Å². The highest BCUT2D eigenvalue weighted by molar-refractivity contribution is 5.81. The largest absolute Gasteiger partial charge is 0.493 e. The van der Waals surface area contributed by atoms with Crippen LogP contribution in [0.4, 0.5) is 0 Å². The average molecular weight is 918 g/mol. The lowest BCUT2D eigenvalue weighted by Gasteiger charge is -2.28. The Morgan fingerprint density at radius 2 is 0.815 bits per heavy atom. The van der Waals surface area contributed by atoms with Gasteiger partial charge in [0.05, 0.1) is 72.0 Å². The maximum Gasteiger partial charge on any atom is 0.317 e. The maximum atomic E-state index is 12.9. The zero-order valence-corrected chi connectivity index (χ0v) is 38.0. The Bertz CT molecular complexity index is 1730. The summed E-state index contributed by atoms with van der Waals surface area (Å²) in [6.45, 7) is 7.64. The molecule has 65 heavy (non-hydrogen) atoms. The number of unbranched alkanes of at least 4 members (excludes halogenated alkanes) is 2. The van der Waals surface area contributed by atoms with E-state index in [0.29, 0.717) is 73.0 Å². The van der Waals surface area contributed by atoms with Crippen LogP contribution in [-0.2, 0) is 46.4 Å². The van der Waals surface area contributed by atoms with Crippen LogP contribution in [0.1, 0.15) is 77.3 Å². The summed E-state index contributed by atoms with van der Waals surface area (Å²) in [6.07, 6.45) is 1.46. The van der Waals surface area contributed by atoms with Crippen LogP contribution in [0, 0.1) is 11.8 Å². The molecule has 0 aromatic heterocycles. The van der Waals surface area contributed by atoms with E-state index in [0.717, 1.165) is 0 Å². The van der Waals surface area contributed by atoms with Crippen LogP contribution in [0.2, 0.25) is 0 Å². The summed E-state index contributed by atoms with van der Waals surface area (Å²) in [4.78, 5) is 88.1. The summed E-state index contributed by atoms with van der Waals surface area (Å²) in [5, 5.41) is 47.4. The zero-order chi connectivity index (χ0) is 48.3. The molecular formula is C46H67N3O16. The molecule has 0 aliphatic rings. The topological polar surface area (TPSA) is 267 Å². The van der Waals surface area contributed by atoms with Gasteiger partial charge in [0.15, 0.2) is 0 Å². The number of benzene rings is 2. The standard InChI is InChI=1S/C46H67N3O16/c1-32(2)30-64-38-11-13-40(34(21-38)23-42(52)53)62-19-7-5-9-36(50)25-48(28-45(58)59)17-15-47(27-44(56)57)16-18-49(29-46(60)61)26-37(51)10-6-8-20-63-41-14-12-39(65-31-33(3)4)22-35(41)24-43(54)55/h11-14,21-22,32-33H,5-10,15-20,23-31H2,1-4H3,(H,52,53)(H,54,55)(H,56,57)(H,58,59)(H,60,61). The number of carbonyl (C=O) groups is 7. The summed E-state index contributed by atoms with van der Waals surface area (Å²) in [7, 11) is 0. The molecule has 0 heterocycles. The van der Waals surface area contributed by atoms with Crippen molar-refractivity contribution in [2.24, 2.45) is 11.8 Å². The predicted molar refractivity (Wildman–Crippen MR) is 237 cm³/mol. The van der Waals surface area contributed by atoms with Crippen molar-refractivity contribution in [1.29, 1.82) is 0 Å². The Hall–Kier alpha value is -5.79. The van der Waals surface area contributed by atoms with Gasteiger partial charge in [-0.1, -0.05) is 27.7 Å². The molecule has 0 unspecified atom stereocenters. The number of aliphatic carboxylic acids is 5.